The van der Waals surface area contributed by atoms with Gasteiger partial charge in [0.1, 0.15) is 0 Å². The highest BCUT2D eigenvalue weighted by atomic mass is 16.1. The second-order valence-corrected chi connectivity index (χ2v) is 5.78. The Labute approximate surface area is 140 Å². The number of hydrogen-bond acceptors (Lipinski definition) is 2. The highest BCUT2D eigenvalue weighted by Crippen LogP contribution is 2.33. The van der Waals surface area contributed by atoms with Crippen LogP contribution in [-0.4, -0.2) is 15.8 Å². The minimum atomic E-state index is 0.0685. The highest BCUT2D eigenvalue weighted by Gasteiger charge is 2.11. The van der Waals surface area contributed by atoms with Crippen molar-refractivity contribution in [2.24, 2.45) is 0 Å². The molecule has 2 heterocycles. The third kappa shape index (κ3) is 2.40. The molecular formula is C21H16N2O. The van der Waals surface area contributed by atoms with Crippen molar-refractivity contribution in [2.45, 2.75) is 6.92 Å². The van der Waals surface area contributed by atoms with Crippen LogP contribution < -0.4 is 0 Å². The van der Waals surface area contributed by atoms with Crippen LogP contribution in [0.3, 0.4) is 0 Å². The molecule has 116 valence electrons. The Bertz CT molecular complexity index is 1010. The molecule has 3 nitrogen and oxygen atoms in total. The summed E-state index contributed by atoms with van der Waals surface area (Å²) in [6.45, 7) is 1.57. The van der Waals surface area contributed by atoms with Crippen molar-refractivity contribution >= 4 is 16.7 Å². The molecule has 0 aliphatic carbocycles. The number of hydrogen-bond donors (Lipinski definition) is 1. The van der Waals surface area contributed by atoms with Gasteiger partial charge in [-0.3, -0.25) is 9.78 Å². The molecule has 0 radical (unpaired) electrons. The number of fused-ring (bicyclic) bond motifs is 1. The molecule has 0 aliphatic rings. The Morgan fingerprint density at radius 1 is 0.917 bits per heavy atom. The summed E-state index contributed by atoms with van der Waals surface area (Å²) >= 11 is 0. The molecule has 0 atom stereocenters. The number of rotatable bonds is 3. The predicted octanol–water partition coefficient (Wildman–Crippen LogP) is 5.10. The maximum atomic E-state index is 11.4. The van der Waals surface area contributed by atoms with E-state index in [0.29, 0.717) is 5.56 Å². The Balaban J connectivity index is 1.86. The Kier molecular flexibility index (Phi) is 3.47. The van der Waals surface area contributed by atoms with Crippen molar-refractivity contribution in [3.63, 3.8) is 0 Å². The molecule has 3 heteroatoms. The van der Waals surface area contributed by atoms with E-state index < -0.39 is 0 Å². The van der Waals surface area contributed by atoms with Gasteiger partial charge in [0, 0.05) is 34.5 Å². The average Bonchev–Trinajstić information content (AvgIpc) is 3.06. The van der Waals surface area contributed by atoms with Gasteiger partial charge in [0.05, 0.1) is 11.2 Å². The molecule has 24 heavy (non-hydrogen) atoms. The summed E-state index contributed by atoms with van der Waals surface area (Å²) in [5, 5.41) is 1.14. The predicted molar refractivity (Wildman–Crippen MR) is 97.0 cm³/mol. The van der Waals surface area contributed by atoms with E-state index in [0.717, 1.165) is 27.7 Å². The van der Waals surface area contributed by atoms with E-state index in [4.69, 9.17) is 0 Å². The van der Waals surface area contributed by atoms with E-state index in [9.17, 15) is 4.79 Å². The molecule has 0 amide bonds. The minimum absolute atomic E-state index is 0.0685. The van der Waals surface area contributed by atoms with Gasteiger partial charge in [-0.15, -0.1) is 0 Å². The molecule has 4 rings (SSSR count). The molecule has 4 aromatic rings. The number of H-pyrrole nitrogens is 1. The van der Waals surface area contributed by atoms with Crippen molar-refractivity contribution in [3.8, 4) is 22.4 Å². The molecule has 2 aromatic heterocycles. The largest absolute Gasteiger partial charge is 0.359 e. The second-order valence-electron chi connectivity index (χ2n) is 5.78. The first kappa shape index (κ1) is 14.4. The van der Waals surface area contributed by atoms with Crippen molar-refractivity contribution < 1.29 is 4.79 Å². The molecule has 0 saturated carbocycles. The molecule has 0 saturated heterocycles. The first-order valence-corrected chi connectivity index (χ1v) is 7.87. The summed E-state index contributed by atoms with van der Waals surface area (Å²) in [5.41, 5.74) is 5.94. The molecule has 0 bridgehead atoms. The molecule has 0 spiro atoms. The Hall–Kier alpha value is -3.20. The Morgan fingerprint density at radius 3 is 2.38 bits per heavy atom. The third-order valence-electron chi connectivity index (χ3n) is 4.25. The maximum absolute atomic E-state index is 11.4. The van der Waals surface area contributed by atoms with Gasteiger partial charge in [0.25, 0.3) is 0 Å². The third-order valence-corrected chi connectivity index (χ3v) is 4.25. The SMILES string of the molecule is CC(=O)c1ccc(-c2nccc3c(-c4ccccc4)c[nH]c23)cc1. The molecule has 0 unspecified atom stereocenters. The van der Waals surface area contributed by atoms with E-state index in [1.54, 1.807) is 6.92 Å². The van der Waals surface area contributed by atoms with Gasteiger partial charge >= 0.3 is 0 Å². The number of benzene rings is 2. The standard InChI is InChI=1S/C21H16N2O/c1-14(24)15-7-9-17(10-8-15)20-21-18(11-12-22-20)19(13-23-21)16-5-3-2-4-6-16/h2-13,23H,1H3. The number of nitrogens with one attached hydrogen (secondary N) is 1. The fourth-order valence-electron chi connectivity index (χ4n) is 2.99. The molecule has 1 N–H and O–H groups in total. The van der Waals surface area contributed by atoms with Crippen LogP contribution in [0.1, 0.15) is 17.3 Å². The zero-order chi connectivity index (χ0) is 16.5. The summed E-state index contributed by atoms with van der Waals surface area (Å²) in [6.07, 6.45) is 3.85. The number of Topliss-reactive ketones (excluding diaryl/α,β-unsaturated/α-hetero) is 1. The van der Waals surface area contributed by atoms with Crippen molar-refractivity contribution in [2.75, 3.05) is 0 Å². The maximum Gasteiger partial charge on any atom is 0.159 e. The van der Waals surface area contributed by atoms with E-state index in [2.05, 4.69) is 22.1 Å². The van der Waals surface area contributed by atoms with Gasteiger partial charge in [-0.2, -0.15) is 0 Å². The lowest BCUT2D eigenvalue weighted by atomic mass is 10.0. The van der Waals surface area contributed by atoms with Crippen LogP contribution in [0.4, 0.5) is 0 Å². The first-order chi connectivity index (χ1) is 11.7. The summed E-state index contributed by atoms with van der Waals surface area (Å²) in [7, 11) is 0. The van der Waals surface area contributed by atoms with Crippen molar-refractivity contribution in [1.29, 1.82) is 0 Å². The van der Waals surface area contributed by atoms with Gasteiger partial charge in [-0.05, 0) is 18.6 Å². The van der Waals surface area contributed by atoms with E-state index in [1.807, 2.05) is 60.9 Å². The van der Waals surface area contributed by atoms with Gasteiger partial charge in [-0.25, -0.2) is 0 Å². The first-order valence-electron chi connectivity index (χ1n) is 7.87. The van der Waals surface area contributed by atoms with Crippen molar-refractivity contribution in [3.05, 3.63) is 78.6 Å². The number of carbonyl (C=O) groups is 1. The zero-order valence-corrected chi connectivity index (χ0v) is 13.3. The molecular weight excluding hydrogens is 296 g/mol. The highest BCUT2D eigenvalue weighted by molar-refractivity contribution is 6.02. The van der Waals surface area contributed by atoms with Crippen LogP contribution in [0.15, 0.2) is 73.1 Å². The fourth-order valence-corrected chi connectivity index (χ4v) is 2.99. The number of pyridine rings is 1. The smallest absolute Gasteiger partial charge is 0.159 e. The van der Waals surface area contributed by atoms with Crippen LogP contribution in [-0.2, 0) is 0 Å². The summed E-state index contributed by atoms with van der Waals surface area (Å²) in [5.74, 6) is 0.0685. The van der Waals surface area contributed by atoms with Crippen LogP contribution in [0.5, 0.6) is 0 Å². The Morgan fingerprint density at radius 2 is 1.67 bits per heavy atom. The zero-order valence-electron chi connectivity index (χ0n) is 13.3. The fraction of sp³-hybridized carbons (Fsp3) is 0.0476. The lowest BCUT2D eigenvalue weighted by molar-refractivity contribution is 0.101. The van der Waals surface area contributed by atoms with Crippen molar-refractivity contribution in [1.82, 2.24) is 9.97 Å². The number of aromatic nitrogens is 2. The quantitative estimate of drug-likeness (QED) is 0.535. The number of aromatic amines is 1. The van der Waals surface area contributed by atoms with Crippen LogP contribution in [0.25, 0.3) is 33.3 Å². The summed E-state index contributed by atoms with van der Waals surface area (Å²) in [6, 6.07) is 19.9. The molecule has 0 fully saturated rings. The van der Waals surface area contributed by atoms with E-state index >= 15 is 0 Å². The molecule has 0 aliphatic heterocycles. The van der Waals surface area contributed by atoms with Crippen LogP contribution in [0, 0.1) is 0 Å². The number of nitrogens with zero attached hydrogens (tertiary/aromatic N) is 1. The molecule has 2 aromatic carbocycles. The minimum Gasteiger partial charge on any atom is -0.359 e. The van der Waals surface area contributed by atoms with Gasteiger partial charge in [0.15, 0.2) is 5.78 Å². The van der Waals surface area contributed by atoms with E-state index in [1.165, 1.54) is 5.56 Å². The summed E-state index contributed by atoms with van der Waals surface area (Å²) in [4.78, 5) is 19.3. The van der Waals surface area contributed by atoms with Gasteiger partial charge < -0.3 is 4.98 Å². The van der Waals surface area contributed by atoms with E-state index in [-0.39, 0.29) is 5.78 Å². The van der Waals surface area contributed by atoms with Crippen LogP contribution in [0.2, 0.25) is 0 Å². The lowest BCUT2D eigenvalue weighted by Crippen LogP contribution is -1.92. The monoisotopic (exact) mass is 312 g/mol. The topological polar surface area (TPSA) is 45.8 Å². The number of ketones is 1. The van der Waals surface area contributed by atoms with Gasteiger partial charge in [0.2, 0.25) is 0 Å². The average molecular weight is 312 g/mol. The second kappa shape index (κ2) is 5.78. The summed E-state index contributed by atoms with van der Waals surface area (Å²) < 4.78 is 0. The van der Waals surface area contributed by atoms with Crippen LogP contribution >= 0.6 is 0 Å². The van der Waals surface area contributed by atoms with Gasteiger partial charge in [-0.1, -0.05) is 54.6 Å². The normalized spacial score (nSPS) is 10.9. The number of carbonyl (C=O) groups excluding carboxylic acids is 1. The lowest BCUT2D eigenvalue weighted by Gasteiger charge is -2.05.